The van der Waals surface area contributed by atoms with Gasteiger partial charge in [0.15, 0.2) is 0 Å². The zero-order valence-electron chi connectivity index (χ0n) is 19.7. The summed E-state index contributed by atoms with van der Waals surface area (Å²) >= 11 is 0. The molecule has 2 N–H and O–H groups in total. The molecule has 1 atom stereocenters. The minimum Gasteiger partial charge on any atom is -0.497 e. The maximum absolute atomic E-state index is 13.4. The van der Waals surface area contributed by atoms with Crippen LogP contribution in [0, 0.1) is 6.92 Å². The molecular formula is C27H28N2O5. The Balaban J connectivity index is 1.62. The molecule has 176 valence electrons. The number of ether oxygens (including phenoxy) is 2. The molecule has 1 aromatic heterocycles. The third-order valence-electron chi connectivity index (χ3n) is 5.70. The number of nitrogens with one attached hydrogen (secondary N) is 2. The number of hydrogen-bond acceptors (Lipinski definition) is 5. The monoisotopic (exact) mass is 460 g/mol. The van der Waals surface area contributed by atoms with E-state index in [1.165, 1.54) is 12.3 Å². The number of amides is 2. The lowest BCUT2D eigenvalue weighted by Crippen LogP contribution is -2.43. The fourth-order valence-corrected chi connectivity index (χ4v) is 4.01. The van der Waals surface area contributed by atoms with Gasteiger partial charge in [-0.15, -0.1) is 0 Å². The number of hydrogen-bond donors (Lipinski definition) is 2. The van der Waals surface area contributed by atoms with Crippen LogP contribution in [0.4, 0.5) is 0 Å². The normalized spacial score (nSPS) is 16.7. The Kier molecular flexibility index (Phi) is 6.45. The summed E-state index contributed by atoms with van der Waals surface area (Å²) in [5, 5.41) is 5.83. The highest BCUT2D eigenvalue weighted by Crippen LogP contribution is 2.41. The molecular weight excluding hydrogens is 432 g/mol. The van der Waals surface area contributed by atoms with Gasteiger partial charge in [0, 0.05) is 29.7 Å². The smallest absolute Gasteiger partial charge is 0.268 e. The van der Waals surface area contributed by atoms with Crippen LogP contribution in [-0.2, 0) is 4.79 Å². The molecule has 0 unspecified atom stereocenters. The average Bonchev–Trinajstić information content (AvgIpc) is 3.30. The summed E-state index contributed by atoms with van der Waals surface area (Å²) < 4.78 is 16.8. The first-order valence-corrected chi connectivity index (χ1v) is 11.1. The molecule has 0 saturated heterocycles. The van der Waals surface area contributed by atoms with Gasteiger partial charge in [-0.2, -0.15) is 0 Å². The van der Waals surface area contributed by atoms with E-state index in [-0.39, 0.29) is 17.6 Å². The number of furan rings is 1. The minimum absolute atomic E-state index is 0.0857. The van der Waals surface area contributed by atoms with Gasteiger partial charge in [0.05, 0.1) is 19.4 Å². The number of carbonyl (C=O) groups excluding carboxylic acids is 2. The molecule has 0 aliphatic carbocycles. The molecule has 1 aliphatic heterocycles. The highest BCUT2D eigenvalue weighted by Gasteiger charge is 2.35. The number of fused-ring (bicyclic) bond motifs is 1. The first-order chi connectivity index (χ1) is 16.3. The van der Waals surface area contributed by atoms with Crippen molar-refractivity contribution in [2.24, 2.45) is 0 Å². The van der Waals surface area contributed by atoms with Gasteiger partial charge < -0.3 is 24.5 Å². The van der Waals surface area contributed by atoms with Gasteiger partial charge in [0.25, 0.3) is 11.8 Å². The molecule has 7 heteroatoms. The molecule has 34 heavy (non-hydrogen) atoms. The van der Waals surface area contributed by atoms with E-state index in [0.717, 1.165) is 11.1 Å². The Morgan fingerprint density at radius 3 is 2.62 bits per heavy atom. The molecule has 0 fully saturated rings. The highest BCUT2D eigenvalue weighted by atomic mass is 16.5. The summed E-state index contributed by atoms with van der Waals surface area (Å²) in [6.07, 6.45) is 3.58. The van der Waals surface area contributed by atoms with Crippen LogP contribution in [0.25, 0.3) is 6.08 Å². The molecule has 2 amide bonds. The fraction of sp³-hybridized carbons (Fsp3) is 0.259. The van der Waals surface area contributed by atoms with Crippen LogP contribution < -0.4 is 20.1 Å². The molecule has 4 rings (SSSR count). The molecule has 0 saturated carbocycles. The molecule has 3 aromatic rings. The van der Waals surface area contributed by atoms with E-state index in [1.807, 2.05) is 51.1 Å². The Hall–Kier alpha value is -4.00. The lowest BCUT2D eigenvalue weighted by molar-refractivity contribution is -0.119. The van der Waals surface area contributed by atoms with Gasteiger partial charge in [-0.25, -0.2) is 0 Å². The predicted molar refractivity (Wildman–Crippen MR) is 129 cm³/mol. The van der Waals surface area contributed by atoms with Crippen LogP contribution in [-0.4, -0.2) is 24.5 Å². The van der Waals surface area contributed by atoms with Crippen molar-refractivity contribution in [3.8, 4) is 11.5 Å². The second kappa shape index (κ2) is 9.47. The first kappa shape index (κ1) is 23.2. The van der Waals surface area contributed by atoms with Crippen LogP contribution in [0.1, 0.15) is 53.6 Å². The predicted octanol–water partition coefficient (Wildman–Crippen LogP) is 4.79. The molecule has 7 nitrogen and oxygen atoms in total. The minimum atomic E-state index is -0.507. The van der Waals surface area contributed by atoms with E-state index >= 15 is 0 Å². The third-order valence-corrected chi connectivity index (χ3v) is 5.70. The van der Waals surface area contributed by atoms with E-state index in [4.69, 9.17) is 13.9 Å². The van der Waals surface area contributed by atoms with Crippen LogP contribution in [0.5, 0.6) is 11.5 Å². The lowest BCUT2D eigenvalue weighted by atomic mass is 9.89. The summed E-state index contributed by atoms with van der Waals surface area (Å²) in [4.78, 5) is 26.4. The van der Waals surface area contributed by atoms with Crippen LogP contribution in [0.3, 0.4) is 0 Å². The summed E-state index contributed by atoms with van der Waals surface area (Å²) in [5.74, 6) is 0.978. The Morgan fingerprint density at radius 2 is 1.91 bits per heavy atom. The van der Waals surface area contributed by atoms with Gasteiger partial charge in [-0.05, 0) is 56.7 Å². The van der Waals surface area contributed by atoms with Crippen molar-refractivity contribution in [2.45, 2.75) is 38.8 Å². The van der Waals surface area contributed by atoms with E-state index < -0.39 is 11.5 Å². The Bertz CT molecular complexity index is 1230. The molecule has 0 bridgehead atoms. The van der Waals surface area contributed by atoms with Crippen LogP contribution in [0.2, 0.25) is 0 Å². The van der Waals surface area contributed by atoms with E-state index in [0.29, 0.717) is 29.2 Å². The number of rotatable bonds is 6. The topological polar surface area (TPSA) is 89.8 Å². The number of benzene rings is 2. The van der Waals surface area contributed by atoms with Crippen molar-refractivity contribution in [1.29, 1.82) is 0 Å². The van der Waals surface area contributed by atoms with Gasteiger partial charge in [0.2, 0.25) is 0 Å². The summed E-state index contributed by atoms with van der Waals surface area (Å²) in [5.41, 5.74) is 1.72. The maximum atomic E-state index is 13.4. The van der Waals surface area contributed by atoms with Crippen LogP contribution in [0.15, 0.2) is 71.0 Å². The van der Waals surface area contributed by atoms with Crippen molar-refractivity contribution in [3.05, 3.63) is 89.0 Å². The summed E-state index contributed by atoms with van der Waals surface area (Å²) in [6.45, 7) is 5.78. The molecule has 0 spiro atoms. The van der Waals surface area contributed by atoms with Crippen molar-refractivity contribution < 1.29 is 23.5 Å². The number of aryl methyl sites for hydroxylation is 1. The number of carbonyl (C=O) groups is 2. The highest BCUT2D eigenvalue weighted by molar-refractivity contribution is 6.05. The van der Waals surface area contributed by atoms with Crippen molar-refractivity contribution >= 4 is 17.9 Å². The Morgan fingerprint density at radius 1 is 1.12 bits per heavy atom. The van der Waals surface area contributed by atoms with Crippen molar-refractivity contribution in [3.63, 3.8) is 0 Å². The third kappa shape index (κ3) is 5.14. The average molecular weight is 461 g/mol. The van der Waals surface area contributed by atoms with E-state index in [1.54, 1.807) is 31.4 Å². The SMILES string of the molecule is COc1ccc2c(c1)OC(C)(C)C[C@H]2NC(=O)/C(=C/c1ccco1)NC(=O)c1ccccc1C. The number of methoxy groups -OCH3 is 1. The molecule has 2 aromatic carbocycles. The standard InChI is InChI=1S/C27H28N2O5/c1-17-8-5-6-10-20(17)25(30)28-22(14-19-9-7-13-33-19)26(31)29-23-16-27(2,3)34-24-15-18(32-4)11-12-21(23)24/h5-15,23H,16H2,1-4H3,(H,28,30)(H,29,31)/b22-14-/t23-/m1/s1. The summed E-state index contributed by atoms with van der Waals surface area (Å²) in [7, 11) is 1.60. The van der Waals surface area contributed by atoms with Gasteiger partial charge in [-0.3, -0.25) is 9.59 Å². The van der Waals surface area contributed by atoms with Crippen molar-refractivity contribution in [2.75, 3.05) is 7.11 Å². The van der Waals surface area contributed by atoms with Crippen LogP contribution >= 0.6 is 0 Å². The molecule has 1 aliphatic rings. The molecule has 0 radical (unpaired) electrons. The summed E-state index contributed by atoms with van der Waals surface area (Å²) in [6, 6.07) is 15.8. The zero-order chi connectivity index (χ0) is 24.3. The quantitative estimate of drug-likeness (QED) is 0.517. The zero-order valence-corrected chi connectivity index (χ0v) is 19.7. The fourth-order valence-electron chi connectivity index (χ4n) is 4.01. The van der Waals surface area contributed by atoms with Gasteiger partial charge in [-0.1, -0.05) is 18.2 Å². The van der Waals surface area contributed by atoms with Gasteiger partial charge >= 0.3 is 0 Å². The van der Waals surface area contributed by atoms with E-state index in [2.05, 4.69) is 10.6 Å². The second-order valence-corrected chi connectivity index (χ2v) is 8.84. The lowest BCUT2D eigenvalue weighted by Gasteiger charge is -2.38. The van der Waals surface area contributed by atoms with Crippen molar-refractivity contribution in [1.82, 2.24) is 10.6 Å². The Labute approximate surface area is 198 Å². The first-order valence-electron chi connectivity index (χ1n) is 11.1. The van der Waals surface area contributed by atoms with Gasteiger partial charge in [0.1, 0.15) is 28.6 Å². The van der Waals surface area contributed by atoms with E-state index in [9.17, 15) is 9.59 Å². The largest absolute Gasteiger partial charge is 0.497 e. The second-order valence-electron chi connectivity index (χ2n) is 8.84. The maximum Gasteiger partial charge on any atom is 0.268 e. The molecule has 2 heterocycles.